The van der Waals surface area contributed by atoms with Gasteiger partial charge < -0.3 is 10.0 Å². The maximum Gasteiger partial charge on any atom is 0.326 e. The Morgan fingerprint density at radius 3 is 2.48 bits per heavy atom. The number of benzene rings is 2. The number of hydrogen-bond acceptors (Lipinski definition) is 5. The van der Waals surface area contributed by atoms with Crippen molar-refractivity contribution >= 4 is 45.3 Å². The number of hydrogen-bond donors (Lipinski definition) is 1. The van der Waals surface area contributed by atoms with E-state index in [2.05, 4.69) is 0 Å². The average Bonchev–Trinajstić information content (AvgIpc) is 3.20. The van der Waals surface area contributed by atoms with Gasteiger partial charge in [-0.05, 0) is 23.6 Å². The Kier molecular flexibility index (Phi) is 6.37. The Bertz CT molecular complexity index is 967. The quantitative estimate of drug-likeness (QED) is 0.730. The van der Waals surface area contributed by atoms with Crippen molar-refractivity contribution in [3.63, 3.8) is 0 Å². The fraction of sp³-hybridized carbons (Fsp3) is 0.364. The molecule has 29 heavy (non-hydrogen) atoms. The molecular weight excluding hydrogens is 390 g/mol. The van der Waals surface area contributed by atoms with Gasteiger partial charge >= 0.3 is 5.97 Å². The summed E-state index contributed by atoms with van der Waals surface area (Å²) in [5.74, 6) is -2.56. The first-order valence-corrected chi connectivity index (χ1v) is 10.4. The van der Waals surface area contributed by atoms with E-state index in [4.69, 9.17) is 0 Å². The molecule has 0 saturated carbocycles. The Balaban J connectivity index is 1.94. The lowest BCUT2D eigenvalue weighted by Crippen LogP contribution is -2.46. The minimum absolute atomic E-state index is 0.264. The zero-order chi connectivity index (χ0) is 21.1. The van der Waals surface area contributed by atoms with E-state index in [0.29, 0.717) is 24.9 Å². The second-order valence-corrected chi connectivity index (χ2v) is 8.56. The average molecular weight is 413 g/mol. The number of nitrogens with zero attached hydrogens (tertiary/aromatic N) is 1. The summed E-state index contributed by atoms with van der Waals surface area (Å²) in [4.78, 5) is 51.1. The number of Topliss-reactive ketones (excluding diaryl/α,β-unsaturated/α-hetero) is 1. The molecule has 152 valence electrons. The molecule has 1 N–H and O–H groups in total. The second kappa shape index (κ2) is 8.78. The maximum absolute atomic E-state index is 13.4. The predicted molar refractivity (Wildman–Crippen MR) is 112 cm³/mol. The highest BCUT2D eigenvalue weighted by Gasteiger charge is 2.40. The Labute approximate surface area is 173 Å². The Morgan fingerprint density at radius 2 is 1.79 bits per heavy atom. The van der Waals surface area contributed by atoms with Gasteiger partial charge in [0.25, 0.3) is 0 Å². The van der Waals surface area contributed by atoms with Gasteiger partial charge in [0.1, 0.15) is 6.04 Å². The molecule has 6 nitrogen and oxygen atoms in total. The van der Waals surface area contributed by atoms with Gasteiger partial charge in [-0.15, -0.1) is 0 Å². The van der Waals surface area contributed by atoms with Crippen molar-refractivity contribution in [2.24, 2.45) is 5.92 Å². The monoisotopic (exact) mass is 413 g/mol. The fourth-order valence-electron chi connectivity index (χ4n) is 3.83. The summed E-state index contributed by atoms with van der Waals surface area (Å²) < 4.78 is 0. The molecule has 0 spiro atoms. The van der Waals surface area contributed by atoms with Crippen molar-refractivity contribution < 1.29 is 24.3 Å². The number of carboxylic acid groups (broad SMARTS) is 1. The number of carbonyl (C=O) groups is 4. The number of carboxylic acids is 1. The van der Waals surface area contributed by atoms with Crippen LogP contribution in [0, 0.1) is 5.92 Å². The predicted octanol–water partition coefficient (Wildman–Crippen LogP) is 3.38. The van der Waals surface area contributed by atoms with E-state index in [1.54, 1.807) is 19.1 Å². The van der Waals surface area contributed by atoms with Gasteiger partial charge in [0.05, 0.1) is 11.2 Å². The zero-order valence-corrected chi connectivity index (χ0v) is 17.1. The lowest BCUT2D eigenvalue weighted by atomic mass is 9.94. The van der Waals surface area contributed by atoms with Crippen LogP contribution >= 0.6 is 11.8 Å². The van der Waals surface area contributed by atoms with Gasteiger partial charge in [0.15, 0.2) is 10.9 Å². The number of thioether (sulfide) groups is 1. The third-order valence-corrected chi connectivity index (χ3v) is 6.48. The van der Waals surface area contributed by atoms with E-state index >= 15 is 0 Å². The number of fused-ring (bicyclic) bond motifs is 1. The van der Waals surface area contributed by atoms with Crippen LogP contribution < -0.4 is 0 Å². The van der Waals surface area contributed by atoms with Crippen molar-refractivity contribution in [3.8, 4) is 0 Å². The van der Waals surface area contributed by atoms with Gasteiger partial charge in [-0.25, -0.2) is 4.79 Å². The summed E-state index contributed by atoms with van der Waals surface area (Å²) in [6, 6.07) is 12.0. The number of aliphatic carboxylic acids is 1. The normalized spacial score (nSPS) is 18.4. The minimum atomic E-state index is -1.04. The van der Waals surface area contributed by atoms with Crippen LogP contribution in [0.2, 0.25) is 0 Å². The van der Waals surface area contributed by atoms with Crippen molar-refractivity contribution in [2.75, 3.05) is 6.54 Å². The molecule has 0 aromatic heterocycles. The molecule has 2 aromatic carbocycles. The van der Waals surface area contributed by atoms with Crippen molar-refractivity contribution in [3.05, 3.63) is 48.0 Å². The number of carbonyl (C=O) groups excluding carboxylic acids is 3. The topological polar surface area (TPSA) is 91.8 Å². The minimum Gasteiger partial charge on any atom is -0.480 e. The first kappa shape index (κ1) is 21.0. The number of rotatable bonds is 6. The molecule has 3 atom stereocenters. The highest BCUT2D eigenvalue weighted by Crippen LogP contribution is 2.31. The summed E-state index contributed by atoms with van der Waals surface area (Å²) in [6.45, 7) is 3.31. The van der Waals surface area contributed by atoms with E-state index in [0.717, 1.165) is 22.5 Å². The summed E-state index contributed by atoms with van der Waals surface area (Å²) in [7, 11) is 0. The molecule has 0 bridgehead atoms. The molecule has 3 rings (SSSR count). The van der Waals surface area contributed by atoms with Crippen molar-refractivity contribution in [2.45, 2.75) is 38.0 Å². The zero-order valence-electron chi connectivity index (χ0n) is 16.3. The molecule has 2 aromatic rings. The summed E-state index contributed by atoms with van der Waals surface area (Å²) >= 11 is 0.833. The number of ketones is 1. The van der Waals surface area contributed by atoms with Crippen LogP contribution in [-0.2, 0) is 14.4 Å². The Hall–Kier alpha value is -2.67. The third kappa shape index (κ3) is 4.34. The van der Waals surface area contributed by atoms with E-state index in [1.807, 2.05) is 30.3 Å². The first-order chi connectivity index (χ1) is 13.8. The van der Waals surface area contributed by atoms with Crippen LogP contribution in [0.3, 0.4) is 0 Å². The second-order valence-electron chi connectivity index (χ2n) is 7.24. The van der Waals surface area contributed by atoms with Crippen LogP contribution in [0.4, 0.5) is 0 Å². The molecule has 1 saturated heterocycles. The van der Waals surface area contributed by atoms with Crippen molar-refractivity contribution in [1.82, 2.24) is 4.90 Å². The van der Waals surface area contributed by atoms with Crippen molar-refractivity contribution in [1.29, 1.82) is 0 Å². The molecule has 1 heterocycles. The largest absolute Gasteiger partial charge is 0.480 e. The van der Waals surface area contributed by atoms with Gasteiger partial charge in [-0.2, -0.15) is 0 Å². The van der Waals surface area contributed by atoms with E-state index < -0.39 is 29.1 Å². The molecule has 1 amide bonds. The molecule has 1 aliphatic rings. The highest BCUT2D eigenvalue weighted by molar-refractivity contribution is 8.14. The van der Waals surface area contributed by atoms with Gasteiger partial charge in [-0.1, -0.05) is 61.2 Å². The number of likely N-dealkylation sites (tertiary alicyclic amines) is 1. The molecule has 0 unspecified atom stereocenters. The molecule has 0 aliphatic carbocycles. The smallest absolute Gasteiger partial charge is 0.326 e. The van der Waals surface area contributed by atoms with E-state index in [9.17, 15) is 24.3 Å². The first-order valence-electron chi connectivity index (χ1n) is 9.53. The number of amides is 1. The summed E-state index contributed by atoms with van der Waals surface area (Å²) in [6.07, 6.45) is 1.01. The van der Waals surface area contributed by atoms with Crippen LogP contribution in [0.15, 0.2) is 42.5 Å². The summed E-state index contributed by atoms with van der Waals surface area (Å²) in [5.41, 5.74) is 0.456. The maximum atomic E-state index is 13.4. The highest BCUT2D eigenvalue weighted by atomic mass is 32.2. The molecule has 1 fully saturated rings. The lowest BCUT2D eigenvalue weighted by Gasteiger charge is -2.28. The van der Waals surface area contributed by atoms with Crippen LogP contribution in [0.25, 0.3) is 10.8 Å². The third-order valence-electron chi connectivity index (χ3n) is 5.27. The summed E-state index contributed by atoms with van der Waals surface area (Å²) in [5, 5.41) is 9.86. The lowest BCUT2D eigenvalue weighted by molar-refractivity contribution is -0.149. The SMILES string of the molecule is CC(=O)S[C@H](C(=O)c1cccc2ccccc12)[C@H](C)C(=O)N1CCC[C@H]1C(=O)O. The molecule has 0 radical (unpaired) electrons. The molecule has 1 aliphatic heterocycles. The van der Waals surface area contributed by atoms with Crippen LogP contribution in [0.5, 0.6) is 0 Å². The van der Waals surface area contributed by atoms with Gasteiger partial charge in [0, 0.05) is 19.0 Å². The molecule has 7 heteroatoms. The van der Waals surface area contributed by atoms with Gasteiger partial charge in [0.2, 0.25) is 5.91 Å². The van der Waals surface area contributed by atoms with Crippen LogP contribution in [0.1, 0.15) is 37.0 Å². The fourth-order valence-corrected chi connectivity index (χ4v) is 4.75. The van der Waals surface area contributed by atoms with E-state index in [-0.39, 0.29) is 10.9 Å². The van der Waals surface area contributed by atoms with Crippen LogP contribution in [-0.4, -0.2) is 50.6 Å². The standard InChI is InChI=1S/C22H23NO5S/c1-13(21(26)23-12-6-11-18(23)22(27)28)20(29-14(2)24)19(25)17-10-5-8-15-7-3-4-9-16(15)17/h3-5,7-10,13,18,20H,6,11-12H2,1-2H3,(H,27,28)/t13-,18-,20-/m0/s1. The van der Waals surface area contributed by atoms with E-state index in [1.165, 1.54) is 11.8 Å². The Morgan fingerprint density at radius 1 is 1.10 bits per heavy atom. The molecular formula is C22H23NO5S. The van der Waals surface area contributed by atoms with Gasteiger partial charge in [-0.3, -0.25) is 14.4 Å².